The molecular formula is C29H34F2N4O10. The van der Waals surface area contributed by atoms with Crippen molar-refractivity contribution >= 4 is 40.1 Å². The van der Waals surface area contributed by atoms with Gasteiger partial charge in [-0.3, -0.25) is 0 Å². The highest BCUT2D eigenvalue weighted by atomic mass is 19.1. The van der Waals surface area contributed by atoms with Crippen LogP contribution in [0.2, 0.25) is 0 Å². The number of fused-ring (bicyclic) bond motifs is 2. The minimum Gasteiger partial charge on any atom is -0.478 e. The largest absolute Gasteiger partial charge is 0.478 e. The first-order chi connectivity index (χ1) is 21.0. The van der Waals surface area contributed by atoms with Crippen molar-refractivity contribution in [2.45, 2.75) is 52.7 Å². The van der Waals surface area contributed by atoms with Crippen LogP contribution in [0.15, 0.2) is 39.4 Å². The van der Waals surface area contributed by atoms with Crippen LogP contribution in [0.1, 0.15) is 51.9 Å². The highest BCUT2D eigenvalue weighted by molar-refractivity contribution is 6.04. The molecule has 3 N–H and O–H groups in total. The van der Waals surface area contributed by atoms with Crippen LogP contribution in [0.25, 0.3) is 21.9 Å². The number of carbonyl (C=O) groups is 3. The van der Waals surface area contributed by atoms with Crippen LogP contribution in [0, 0.1) is 11.6 Å². The number of hydrogen-bond acceptors (Lipinski definition) is 11. The summed E-state index contributed by atoms with van der Waals surface area (Å²) in [6, 6.07) is 6.27. The van der Waals surface area contributed by atoms with Gasteiger partial charge in [-0.2, -0.15) is 0 Å². The number of halogens is 2. The first-order valence-corrected chi connectivity index (χ1v) is 13.6. The monoisotopic (exact) mass is 636 g/mol. The molecule has 45 heavy (non-hydrogen) atoms. The van der Waals surface area contributed by atoms with Crippen molar-refractivity contribution in [3.8, 4) is 11.8 Å². The van der Waals surface area contributed by atoms with Gasteiger partial charge in [-0.1, -0.05) is 0 Å². The molecule has 0 aliphatic rings. The topological polar surface area (TPSA) is 184 Å². The fourth-order valence-electron chi connectivity index (χ4n) is 3.51. The zero-order valence-corrected chi connectivity index (χ0v) is 25.5. The molecule has 4 aromatic rings. The molecule has 0 saturated heterocycles. The van der Waals surface area contributed by atoms with Crippen LogP contribution < -0.4 is 20.1 Å². The van der Waals surface area contributed by atoms with Crippen molar-refractivity contribution < 1.29 is 56.3 Å². The predicted octanol–water partition coefficient (Wildman–Crippen LogP) is 5.44. The molecule has 244 valence electrons. The van der Waals surface area contributed by atoms with E-state index in [1.54, 1.807) is 41.5 Å². The van der Waals surface area contributed by atoms with Gasteiger partial charge in [-0.05, 0) is 82.2 Å². The molecule has 0 fully saturated rings. The average Bonchev–Trinajstić information content (AvgIpc) is 3.51. The third-order valence-electron chi connectivity index (χ3n) is 5.19. The number of rotatable bonds is 9. The number of benzene rings is 2. The smallest absolute Gasteiger partial charge is 0.407 e. The molecule has 0 unspecified atom stereocenters. The van der Waals surface area contributed by atoms with E-state index in [0.29, 0.717) is 11.0 Å². The number of hydrogen-bond donors (Lipinski definition) is 3. The van der Waals surface area contributed by atoms with Crippen LogP contribution in [0.3, 0.4) is 0 Å². The van der Waals surface area contributed by atoms with Crippen molar-refractivity contribution in [1.82, 2.24) is 20.9 Å². The van der Waals surface area contributed by atoms with Gasteiger partial charge < -0.3 is 43.7 Å². The molecule has 0 radical (unpaired) electrons. The van der Waals surface area contributed by atoms with Gasteiger partial charge in [0.1, 0.15) is 47.0 Å². The molecule has 0 atom stereocenters. The molecule has 0 saturated carbocycles. The number of carbonyl (C=O) groups excluding carboxylic acids is 2. The first kappa shape index (κ1) is 34.3. The maximum Gasteiger partial charge on any atom is 0.407 e. The Morgan fingerprint density at radius 3 is 1.87 bits per heavy atom. The molecular weight excluding hydrogens is 602 g/mol. The zero-order valence-electron chi connectivity index (χ0n) is 25.5. The van der Waals surface area contributed by atoms with Gasteiger partial charge >= 0.3 is 18.2 Å². The molecule has 2 amide bonds. The van der Waals surface area contributed by atoms with Gasteiger partial charge in [-0.25, -0.2) is 23.2 Å². The molecule has 2 heterocycles. The maximum atomic E-state index is 13.7. The summed E-state index contributed by atoms with van der Waals surface area (Å²) in [7, 11) is 0. The minimum absolute atomic E-state index is 0.0313. The lowest BCUT2D eigenvalue weighted by Gasteiger charge is -2.19. The number of ether oxygens (including phenoxy) is 4. The Morgan fingerprint density at radius 1 is 0.800 bits per heavy atom. The zero-order chi connectivity index (χ0) is 33.4. The van der Waals surface area contributed by atoms with Crippen molar-refractivity contribution in [2.75, 3.05) is 26.3 Å². The number of nitrogens with one attached hydrogen (secondary N) is 2. The Morgan fingerprint density at radius 2 is 1.31 bits per heavy atom. The van der Waals surface area contributed by atoms with Gasteiger partial charge in [0, 0.05) is 0 Å². The quantitative estimate of drug-likeness (QED) is 0.198. The summed E-state index contributed by atoms with van der Waals surface area (Å²) in [6.07, 6.45) is -1.14. The number of nitrogens with zero attached hydrogens (tertiary/aromatic N) is 2. The number of alkyl carbamates (subject to hydrolysis) is 2. The van der Waals surface area contributed by atoms with Crippen molar-refractivity contribution in [2.24, 2.45) is 0 Å². The van der Waals surface area contributed by atoms with Gasteiger partial charge in [0.15, 0.2) is 11.2 Å². The fraction of sp³-hybridized carbons (Fsp3) is 0.414. The van der Waals surface area contributed by atoms with E-state index in [1.165, 1.54) is 24.3 Å². The molecule has 2 aromatic heterocycles. The minimum atomic E-state index is -1.46. The fourth-order valence-corrected chi connectivity index (χ4v) is 3.51. The standard InChI is InChI=1S/C15H17FN2O6.C14H17FN2O4/c1-15(2,3)23-14(21)17-6-7-22-12-11-9(24-18-12)5-4-8(16)10(11)13(19)20;1-14(2,3)20-13(18)16-6-7-19-12-10-8-9(15)4-5-11(10)21-17-12/h4-5H,6-7H2,1-3H3,(H,17,21)(H,19,20);4-5,8H,6-7H2,1-3H3,(H,16,18). The molecule has 14 nitrogen and oxygen atoms in total. The van der Waals surface area contributed by atoms with Crippen LogP contribution >= 0.6 is 0 Å². The molecule has 0 spiro atoms. The lowest BCUT2D eigenvalue weighted by molar-refractivity contribution is 0.0508. The number of carboxylic acid groups (broad SMARTS) is 1. The maximum absolute atomic E-state index is 13.7. The van der Waals surface area contributed by atoms with Crippen LogP contribution in [-0.2, 0) is 9.47 Å². The van der Waals surface area contributed by atoms with E-state index in [4.69, 9.17) is 33.1 Å². The molecule has 0 aliphatic heterocycles. The summed E-state index contributed by atoms with van der Waals surface area (Å²) in [4.78, 5) is 34.1. The average molecular weight is 637 g/mol. The Hall–Kier alpha value is -5.15. The van der Waals surface area contributed by atoms with E-state index in [0.717, 1.165) is 6.07 Å². The number of aromatic nitrogens is 2. The third kappa shape index (κ3) is 10.5. The number of aromatic carboxylic acids is 1. The van der Waals surface area contributed by atoms with Gasteiger partial charge in [0.2, 0.25) is 0 Å². The number of amides is 2. The number of carboxylic acids is 1. The van der Waals surface area contributed by atoms with E-state index in [-0.39, 0.29) is 49.0 Å². The molecule has 4 rings (SSSR count). The summed E-state index contributed by atoms with van der Waals surface area (Å²) in [5.74, 6) is -2.75. The van der Waals surface area contributed by atoms with Crippen molar-refractivity contribution in [1.29, 1.82) is 0 Å². The highest BCUT2D eigenvalue weighted by Crippen LogP contribution is 2.30. The van der Waals surface area contributed by atoms with Crippen LogP contribution in [0.4, 0.5) is 18.4 Å². The molecule has 2 aromatic carbocycles. The van der Waals surface area contributed by atoms with E-state index >= 15 is 0 Å². The lowest BCUT2D eigenvalue weighted by Crippen LogP contribution is -2.34. The van der Waals surface area contributed by atoms with E-state index in [9.17, 15) is 23.2 Å². The van der Waals surface area contributed by atoms with E-state index in [1.807, 2.05) is 0 Å². The van der Waals surface area contributed by atoms with Crippen molar-refractivity contribution in [3.63, 3.8) is 0 Å². The Balaban J connectivity index is 0.000000248. The second-order valence-corrected chi connectivity index (χ2v) is 11.3. The van der Waals surface area contributed by atoms with Crippen LogP contribution in [-0.4, -0.2) is 71.1 Å². The van der Waals surface area contributed by atoms with Gasteiger partial charge in [0.25, 0.3) is 11.8 Å². The Kier molecular flexibility index (Phi) is 11.1. The van der Waals surface area contributed by atoms with E-state index < -0.39 is 46.6 Å². The molecule has 16 heteroatoms. The van der Waals surface area contributed by atoms with E-state index in [2.05, 4.69) is 20.9 Å². The lowest BCUT2D eigenvalue weighted by atomic mass is 10.1. The first-order valence-electron chi connectivity index (χ1n) is 13.6. The van der Waals surface area contributed by atoms with Crippen LogP contribution in [0.5, 0.6) is 11.8 Å². The second kappa shape index (κ2) is 14.5. The SMILES string of the molecule is CC(C)(C)OC(=O)NCCOc1noc2ccc(F)c(C(=O)O)c12.CC(C)(C)OC(=O)NCCOc1noc2ccc(F)cc12. The Labute approximate surface area is 255 Å². The predicted molar refractivity (Wildman–Crippen MR) is 154 cm³/mol. The van der Waals surface area contributed by atoms with Gasteiger partial charge in [0.05, 0.1) is 18.5 Å². The third-order valence-corrected chi connectivity index (χ3v) is 5.19. The summed E-state index contributed by atoms with van der Waals surface area (Å²) < 4.78 is 57.5. The Bertz CT molecular complexity index is 1640. The highest BCUT2D eigenvalue weighted by Gasteiger charge is 2.23. The second-order valence-electron chi connectivity index (χ2n) is 11.3. The summed E-state index contributed by atoms with van der Waals surface area (Å²) in [6.45, 7) is 11.0. The van der Waals surface area contributed by atoms with Gasteiger partial charge in [-0.15, -0.1) is 0 Å². The molecule has 0 bridgehead atoms. The normalized spacial score (nSPS) is 11.4. The summed E-state index contributed by atoms with van der Waals surface area (Å²) >= 11 is 0. The van der Waals surface area contributed by atoms with Crippen molar-refractivity contribution in [3.05, 3.63) is 47.5 Å². The molecule has 0 aliphatic carbocycles. The summed E-state index contributed by atoms with van der Waals surface area (Å²) in [5.41, 5.74) is -1.23. The summed E-state index contributed by atoms with van der Waals surface area (Å²) in [5, 5.41) is 21.8.